The van der Waals surface area contributed by atoms with Gasteiger partial charge in [-0.15, -0.1) is 0 Å². The molecule has 126 valence electrons. The second-order valence-electron chi connectivity index (χ2n) is 5.56. The second kappa shape index (κ2) is 9.17. The average molecular weight is 320 g/mol. The third-order valence-electron chi connectivity index (χ3n) is 3.87. The Kier molecular flexibility index (Phi) is 6.90. The number of hydroxylamine groups is 1. The predicted octanol–water partition coefficient (Wildman–Crippen LogP) is 1.95. The summed E-state index contributed by atoms with van der Waals surface area (Å²) in [5.41, 5.74) is 4.62. The minimum absolute atomic E-state index is 0.259. The Bertz CT molecular complexity index is 519. The van der Waals surface area contributed by atoms with Crippen LogP contribution in [0.1, 0.15) is 18.4 Å². The predicted molar refractivity (Wildman–Crippen MR) is 87.3 cm³/mol. The van der Waals surface area contributed by atoms with E-state index < -0.39 is 5.97 Å². The van der Waals surface area contributed by atoms with Gasteiger partial charge in [0.25, 0.3) is 0 Å². The van der Waals surface area contributed by atoms with Gasteiger partial charge >= 0.3 is 5.97 Å². The number of hydrogen-bond acceptors (Lipinski definition) is 5. The van der Waals surface area contributed by atoms with Gasteiger partial charge in [0, 0.05) is 18.7 Å². The number of carbonyl (C=O) groups is 1. The van der Waals surface area contributed by atoms with Gasteiger partial charge in [0.05, 0.1) is 19.6 Å². The lowest BCUT2D eigenvalue weighted by atomic mass is 9.98. The van der Waals surface area contributed by atoms with Crippen LogP contribution in [0.25, 0.3) is 5.70 Å². The lowest BCUT2D eigenvalue weighted by molar-refractivity contribution is -0.143. The van der Waals surface area contributed by atoms with Crippen molar-refractivity contribution in [3.63, 3.8) is 0 Å². The Morgan fingerprint density at radius 1 is 1.43 bits per heavy atom. The number of rotatable bonds is 8. The van der Waals surface area contributed by atoms with Crippen molar-refractivity contribution < 1.29 is 19.5 Å². The SMILES string of the molecule is COC=C(NOCCN1CCCC(C(=O)O)C1)c1ccccc1. The Morgan fingerprint density at radius 2 is 2.22 bits per heavy atom. The van der Waals surface area contributed by atoms with Gasteiger partial charge in [0.1, 0.15) is 12.0 Å². The van der Waals surface area contributed by atoms with Crippen LogP contribution in [0.4, 0.5) is 0 Å². The molecule has 1 saturated heterocycles. The van der Waals surface area contributed by atoms with Crippen molar-refractivity contribution >= 4 is 11.7 Å². The molecule has 0 aromatic heterocycles. The van der Waals surface area contributed by atoms with E-state index in [0.717, 1.165) is 30.6 Å². The van der Waals surface area contributed by atoms with Gasteiger partial charge in [-0.1, -0.05) is 30.3 Å². The zero-order chi connectivity index (χ0) is 16.5. The Morgan fingerprint density at radius 3 is 2.91 bits per heavy atom. The van der Waals surface area contributed by atoms with Gasteiger partial charge in [-0.25, -0.2) is 0 Å². The summed E-state index contributed by atoms with van der Waals surface area (Å²) < 4.78 is 5.07. The van der Waals surface area contributed by atoms with Gasteiger partial charge in [0.15, 0.2) is 0 Å². The number of nitrogens with zero attached hydrogens (tertiary/aromatic N) is 1. The normalized spacial score (nSPS) is 19.3. The first-order valence-corrected chi connectivity index (χ1v) is 7.82. The van der Waals surface area contributed by atoms with E-state index in [2.05, 4.69) is 10.4 Å². The number of benzene rings is 1. The summed E-state index contributed by atoms with van der Waals surface area (Å²) in [5, 5.41) is 9.09. The Balaban J connectivity index is 1.75. The molecule has 2 rings (SSSR count). The third kappa shape index (κ3) is 5.58. The number of carboxylic acid groups (broad SMARTS) is 1. The third-order valence-corrected chi connectivity index (χ3v) is 3.87. The minimum atomic E-state index is -0.705. The topological polar surface area (TPSA) is 71.0 Å². The van der Waals surface area contributed by atoms with Crippen molar-refractivity contribution in [2.45, 2.75) is 12.8 Å². The number of likely N-dealkylation sites (tertiary alicyclic amines) is 1. The molecule has 0 aliphatic carbocycles. The molecule has 1 atom stereocenters. The van der Waals surface area contributed by atoms with Crippen molar-refractivity contribution in [1.29, 1.82) is 0 Å². The molecule has 1 aromatic rings. The summed E-state index contributed by atoms with van der Waals surface area (Å²) in [5.74, 6) is -0.965. The van der Waals surface area contributed by atoms with Crippen LogP contribution in [-0.4, -0.2) is 49.3 Å². The van der Waals surface area contributed by atoms with E-state index in [1.54, 1.807) is 13.4 Å². The Labute approximate surface area is 136 Å². The molecule has 23 heavy (non-hydrogen) atoms. The van der Waals surface area contributed by atoms with Crippen LogP contribution in [0.5, 0.6) is 0 Å². The molecule has 0 bridgehead atoms. The van der Waals surface area contributed by atoms with Crippen LogP contribution in [-0.2, 0) is 14.4 Å². The van der Waals surface area contributed by atoms with E-state index in [9.17, 15) is 4.79 Å². The van der Waals surface area contributed by atoms with Crippen molar-refractivity contribution in [2.24, 2.45) is 5.92 Å². The molecule has 1 aliphatic heterocycles. The van der Waals surface area contributed by atoms with Crippen LogP contribution in [0.15, 0.2) is 36.6 Å². The Hall–Kier alpha value is -2.05. The highest BCUT2D eigenvalue weighted by molar-refractivity contribution is 5.70. The zero-order valence-corrected chi connectivity index (χ0v) is 13.4. The van der Waals surface area contributed by atoms with Crippen molar-refractivity contribution in [1.82, 2.24) is 10.4 Å². The number of carboxylic acids is 1. The summed E-state index contributed by atoms with van der Waals surface area (Å²) in [7, 11) is 1.59. The summed E-state index contributed by atoms with van der Waals surface area (Å²) in [6.07, 6.45) is 3.28. The first kappa shape index (κ1) is 17.3. The monoisotopic (exact) mass is 320 g/mol. The molecule has 1 unspecified atom stereocenters. The first-order chi connectivity index (χ1) is 11.2. The standard InChI is InChI=1S/C17H24N2O4/c1-22-13-16(14-6-3-2-4-7-14)18-23-11-10-19-9-5-8-15(12-19)17(20)21/h2-4,6-7,13,15,18H,5,8-12H2,1H3,(H,20,21). The average Bonchev–Trinajstić information content (AvgIpc) is 2.58. The highest BCUT2D eigenvalue weighted by Crippen LogP contribution is 2.16. The fourth-order valence-electron chi connectivity index (χ4n) is 2.65. The van der Waals surface area contributed by atoms with Crippen molar-refractivity contribution in [3.05, 3.63) is 42.2 Å². The second-order valence-corrected chi connectivity index (χ2v) is 5.56. The summed E-state index contributed by atoms with van der Waals surface area (Å²) in [4.78, 5) is 18.7. The van der Waals surface area contributed by atoms with Gasteiger partial charge in [-0.2, -0.15) is 0 Å². The highest BCUT2D eigenvalue weighted by Gasteiger charge is 2.24. The highest BCUT2D eigenvalue weighted by atomic mass is 16.6. The molecule has 1 heterocycles. The van der Waals surface area contributed by atoms with Crippen LogP contribution in [0.3, 0.4) is 0 Å². The van der Waals surface area contributed by atoms with Gasteiger partial charge in [-0.3, -0.25) is 15.1 Å². The number of piperidine rings is 1. The number of nitrogens with one attached hydrogen (secondary N) is 1. The molecule has 1 aliphatic rings. The lowest BCUT2D eigenvalue weighted by Gasteiger charge is -2.30. The molecule has 2 N–H and O–H groups in total. The van der Waals surface area contributed by atoms with E-state index in [1.165, 1.54) is 0 Å². The van der Waals surface area contributed by atoms with Gasteiger partial charge in [0.2, 0.25) is 0 Å². The number of ether oxygens (including phenoxy) is 1. The van der Waals surface area contributed by atoms with Gasteiger partial charge in [-0.05, 0) is 19.4 Å². The van der Waals surface area contributed by atoms with Crippen LogP contribution >= 0.6 is 0 Å². The van der Waals surface area contributed by atoms with Gasteiger partial charge < -0.3 is 14.7 Å². The van der Waals surface area contributed by atoms with Crippen LogP contribution in [0, 0.1) is 5.92 Å². The largest absolute Gasteiger partial charge is 0.502 e. The maximum absolute atomic E-state index is 11.1. The van der Waals surface area contributed by atoms with Crippen molar-refractivity contribution in [2.75, 3.05) is 33.4 Å². The fraction of sp³-hybridized carbons (Fsp3) is 0.471. The fourth-order valence-corrected chi connectivity index (χ4v) is 2.65. The summed E-state index contributed by atoms with van der Waals surface area (Å²) in [6.45, 7) is 2.69. The quantitative estimate of drug-likeness (QED) is 0.433. The van der Waals surface area contributed by atoms with E-state index in [1.807, 2.05) is 30.3 Å². The van der Waals surface area contributed by atoms with E-state index in [-0.39, 0.29) is 5.92 Å². The number of aliphatic carboxylic acids is 1. The molecular weight excluding hydrogens is 296 g/mol. The number of hydrogen-bond donors (Lipinski definition) is 2. The van der Waals surface area contributed by atoms with E-state index in [0.29, 0.717) is 19.7 Å². The number of methoxy groups -OCH3 is 1. The summed E-state index contributed by atoms with van der Waals surface area (Å²) >= 11 is 0. The maximum Gasteiger partial charge on any atom is 0.307 e. The molecule has 0 spiro atoms. The summed E-state index contributed by atoms with van der Waals surface area (Å²) in [6, 6.07) is 9.76. The molecule has 0 amide bonds. The van der Waals surface area contributed by atoms with Crippen LogP contribution in [0.2, 0.25) is 0 Å². The molecule has 6 nitrogen and oxygen atoms in total. The zero-order valence-electron chi connectivity index (χ0n) is 13.4. The smallest absolute Gasteiger partial charge is 0.307 e. The minimum Gasteiger partial charge on any atom is -0.502 e. The lowest BCUT2D eigenvalue weighted by Crippen LogP contribution is -2.40. The first-order valence-electron chi connectivity index (χ1n) is 7.82. The molecular formula is C17H24N2O4. The molecule has 6 heteroatoms. The molecule has 0 radical (unpaired) electrons. The maximum atomic E-state index is 11.1. The molecule has 1 fully saturated rings. The van der Waals surface area contributed by atoms with Crippen LogP contribution < -0.4 is 5.48 Å². The molecule has 1 aromatic carbocycles. The van der Waals surface area contributed by atoms with Crippen molar-refractivity contribution in [3.8, 4) is 0 Å². The molecule has 0 saturated carbocycles. The van der Waals surface area contributed by atoms with E-state index in [4.69, 9.17) is 14.7 Å². The van der Waals surface area contributed by atoms with E-state index >= 15 is 0 Å².